The number of hydrogen-bond donors (Lipinski definition) is 1. The Balaban J connectivity index is 1.39. The van der Waals surface area contributed by atoms with Crippen molar-refractivity contribution in [3.8, 4) is 0 Å². The van der Waals surface area contributed by atoms with Crippen molar-refractivity contribution in [2.75, 3.05) is 5.32 Å². The van der Waals surface area contributed by atoms with Gasteiger partial charge in [0.2, 0.25) is 0 Å². The summed E-state index contributed by atoms with van der Waals surface area (Å²) >= 11 is 1.66. The van der Waals surface area contributed by atoms with E-state index in [1.807, 2.05) is 18.2 Å². The first kappa shape index (κ1) is 25.8. The van der Waals surface area contributed by atoms with Gasteiger partial charge in [0.25, 0.3) is 5.91 Å². The highest BCUT2D eigenvalue weighted by Gasteiger charge is 2.43. The van der Waals surface area contributed by atoms with Gasteiger partial charge in [0.1, 0.15) is 0 Å². The van der Waals surface area contributed by atoms with Crippen molar-refractivity contribution in [1.82, 2.24) is 9.47 Å². The van der Waals surface area contributed by atoms with Gasteiger partial charge in [-0.25, -0.2) is 0 Å². The molecule has 0 radical (unpaired) electrons. The molecule has 4 nitrogen and oxygen atoms in total. The summed E-state index contributed by atoms with van der Waals surface area (Å²) in [4.78, 5) is 17.1. The van der Waals surface area contributed by atoms with Gasteiger partial charge in [0.15, 0.2) is 5.50 Å². The largest absolute Gasteiger partial charge is 0.356 e. The summed E-state index contributed by atoms with van der Waals surface area (Å²) in [5.41, 5.74) is 7.03. The Morgan fingerprint density at radius 1 is 0.949 bits per heavy atom. The Bertz CT molecular complexity index is 1520. The van der Waals surface area contributed by atoms with E-state index in [1.165, 1.54) is 47.0 Å². The van der Waals surface area contributed by atoms with Gasteiger partial charge < -0.3 is 14.8 Å². The minimum absolute atomic E-state index is 0.113. The lowest BCUT2D eigenvalue weighted by atomic mass is 9.85. The lowest BCUT2D eigenvalue weighted by Gasteiger charge is -2.39. The molecule has 4 aromatic rings. The van der Waals surface area contributed by atoms with Gasteiger partial charge in [-0.05, 0) is 62.4 Å². The molecular weight excluding hydrogens is 498 g/mol. The van der Waals surface area contributed by atoms with E-state index in [1.54, 1.807) is 11.8 Å². The fourth-order valence-corrected chi connectivity index (χ4v) is 7.53. The van der Waals surface area contributed by atoms with E-state index in [0.717, 1.165) is 29.1 Å². The van der Waals surface area contributed by atoms with Crippen LogP contribution in [-0.2, 0) is 11.3 Å². The first-order valence-corrected chi connectivity index (χ1v) is 15.0. The molecule has 1 saturated heterocycles. The molecule has 200 valence electrons. The van der Waals surface area contributed by atoms with Crippen molar-refractivity contribution in [2.24, 2.45) is 5.92 Å². The Hall–Kier alpha value is -3.44. The molecule has 5 heteroatoms. The number of fused-ring (bicyclic) bond motifs is 1. The molecule has 3 aromatic carbocycles. The normalized spacial score (nSPS) is 22.6. The van der Waals surface area contributed by atoms with E-state index in [4.69, 9.17) is 0 Å². The topological polar surface area (TPSA) is 37.3 Å². The maximum absolute atomic E-state index is 14.1. The zero-order valence-electron chi connectivity index (χ0n) is 23.1. The van der Waals surface area contributed by atoms with Crippen LogP contribution >= 0.6 is 11.8 Å². The van der Waals surface area contributed by atoms with E-state index in [0.29, 0.717) is 5.92 Å². The molecule has 0 spiro atoms. The number of para-hydroxylation sites is 2. The summed E-state index contributed by atoms with van der Waals surface area (Å²) in [5, 5.41) is 4.87. The monoisotopic (exact) mass is 535 g/mol. The van der Waals surface area contributed by atoms with Crippen LogP contribution in [0.1, 0.15) is 55.0 Å². The molecule has 1 saturated carbocycles. The van der Waals surface area contributed by atoms with Gasteiger partial charge in [-0.2, -0.15) is 0 Å². The number of aromatic nitrogens is 1. The molecule has 1 unspecified atom stereocenters. The first-order chi connectivity index (χ1) is 19.0. The van der Waals surface area contributed by atoms with Gasteiger partial charge in [0, 0.05) is 40.4 Å². The Kier molecular flexibility index (Phi) is 7.26. The second-order valence-corrected chi connectivity index (χ2v) is 12.2. The standard InChI is InChI=1S/C34H37N3OS/c1-23-12-11-14-26(20-23)22-36-25(3)29(28-17-8-10-19-31(28)36)21-32-33(38)37(30-18-9-7-13-24(30)2)34(39-32)35-27-15-5-4-6-16-27/h4-6,8,10-12,14-17,19-21,24,30,34-35H,7,9,13,18,22H2,1-3H3/b32-21-/t24-,30-,34?/m0/s1. The average molecular weight is 536 g/mol. The van der Waals surface area contributed by atoms with E-state index in [-0.39, 0.29) is 17.4 Å². The third-order valence-corrected chi connectivity index (χ3v) is 9.52. The van der Waals surface area contributed by atoms with Crippen LogP contribution in [0.15, 0.2) is 83.8 Å². The number of thioether (sulfide) groups is 1. The minimum Gasteiger partial charge on any atom is -0.356 e. The van der Waals surface area contributed by atoms with Gasteiger partial charge in [-0.15, -0.1) is 0 Å². The molecule has 2 aliphatic rings. The molecule has 1 aromatic heterocycles. The summed E-state index contributed by atoms with van der Waals surface area (Å²) in [7, 11) is 0. The Labute approximate surface area is 236 Å². The minimum atomic E-state index is -0.113. The number of benzene rings is 3. The highest BCUT2D eigenvalue weighted by Crippen LogP contribution is 2.43. The molecule has 1 amide bonds. The first-order valence-electron chi connectivity index (χ1n) is 14.2. The smallest absolute Gasteiger partial charge is 0.262 e. The molecule has 3 atom stereocenters. The molecule has 2 heterocycles. The van der Waals surface area contributed by atoms with Crippen LogP contribution in [0.4, 0.5) is 5.69 Å². The number of rotatable bonds is 6. The Morgan fingerprint density at radius 2 is 1.72 bits per heavy atom. The van der Waals surface area contributed by atoms with Crippen LogP contribution in [0.2, 0.25) is 0 Å². The maximum Gasteiger partial charge on any atom is 0.262 e. The summed E-state index contributed by atoms with van der Waals surface area (Å²) < 4.78 is 2.39. The summed E-state index contributed by atoms with van der Waals surface area (Å²) in [6.07, 6.45) is 6.85. The third kappa shape index (κ3) is 5.12. The van der Waals surface area contributed by atoms with Crippen molar-refractivity contribution >= 4 is 40.3 Å². The lowest BCUT2D eigenvalue weighted by molar-refractivity contribution is -0.129. The summed E-state index contributed by atoms with van der Waals surface area (Å²) in [5.74, 6) is 0.655. The van der Waals surface area contributed by atoms with Crippen molar-refractivity contribution in [2.45, 2.75) is 64.5 Å². The van der Waals surface area contributed by atoms with Crippen LogP contribution in [-0.4, -0.2) is 26.9 Å². The molecular formula is C34H37N3OS. The quantitative estimate of drug-likeness (QED) is 0.253. The number of carbonyl (C=O) groups is 1. The van der Waals surface area contributed by atoms with E-state index in [9.17, 15) is 4.79 Å². The SMILES string of the molecule is Cc1cccc(Cn2c(C)c(/C=C3\SC(Nc4ccccc4)N([C@H]4CCCC[C@@H]4C)C3=O)c3ccccc32)c1. The summed E-state index contributed by atoms with van der Waals surface area (Å²) in [6, 6.07) is 27.8. The number of aryl methyl sites for hydroxylation is 1. The fraction of sp³-hybridized carbons (Fsp3) is 0.324. The number of anilines is 1. The zero-order valence-corrected chi connectivity index (χ0v) is 23.9. The van der Waals surface area contributed by atoms with Crippen molar-refractivity contribution in [1.29, 1.82) is 0 Å². The number of carbonyl (C=O) groups excluding carboxylic acids is 1. The van der Waals surface area contributed by atoms with Gasteiger partial charge in [-0.1, -0.05) is 97.8 Å². The van der Waals surface area contributed by atoms with Crippen molar-refractivity contribution in [3.63, 3.8) is 0 Å². The number of hydrogen-bond acceptors (Lipinski definition) is 3. The van der Waals surface area contributed by atoms with Crippen LogP contribution in [0.3, 0.4) is 0 Å². The van der Waals surface area contributed by atoms with E-state index in [2.05, 4.69) is 102 Å². The molecule has 1 aliphatic heterocycles. The van der Waals surface area contributed by atoms with Gasteiger partial charge >= 0.3 is 0 Å². The third-order valence-electron chi connectivity index (χ3n) is 8.40. The Morgan fingerprint density at radius 3 is 2.51 bits per heavy atom. The predicted octanol–water partition coefficient (Wildman–Crippen LogP) is 8.20. The second kappa shape index (κ2) is 11.0. The molecule has 0 bridgehead atoms. The van der Waals surface area contributed by atoms with Crippen LogP contribution in [0.5, 0.6) is 0 Å². The molecule has 1 N–H and O–H groups in total. The van der Waals surface area contributed by atoms with Crippen molar-refractivity contribution in [3.05, 3.63) is 106 Å². The van der Waals surface area contributed by atoms with Crippen LogP contribution in [0, 0.1) is 19.8 Å². The van der Waals surface area contributed by atoms with Gasteiger partial charge in [0.05, 0.1) is 4.91 Å². The van der Waals surface area contributed by atoms with E-state index >= 15 is 0 Å². The summed E-state index contributed by atoms with van der Waals surface area (Å²) in [6.45, 7) is 7.45. The second-order valence-electron chi connectivity index (χ2n) is 11.1. The molecule has 1 aliphatic carbocycles. The van der Waals surface area contributed by atoms with E-state index < -0.39 is 0 Å². The van der Waals surface area contributed by atoms with Crippen molar-refractivity contribution < 1.29 is 4.79 Å². The number of nitrogens with one attached hydrogen (secondary N) is 1. The number of amides is 1. The maximum atomic E-state index is 14.1. The predicted molar refractivity (Wildman–Crippen MR) is 165 cm³/mol. The highest BCUT2D eigenvalue weighted by molar-refractivity contribution is 8.05. The van der Waals surface area contributed by atoms with Crippen LogP contribution in [0.25, 0.3) is 17.0 Å². The average Bonchev–Trinajstić information content (AvgIpc) is 3.38. The number of nitrogens with zero attached hydrogens (tertiary/aromatic N) is 2. The lowest BCUT2D eigenvalue weighted by Crippen LogP contribution is -2.48. The molecule has 2 fully saturated rings. The highest BCUT2D eigenvalue weighted by atomic mass is 32.2. The molecule has 39 heavy (non-hydrogen) atoms. The van der Waals surface area contributed by atoms with Crippen LogP contribution < -0.4 is 5.32 Å². The van der Waals surface area contributed by atoms with Gasteiger partial charge in [-0.3, -0.25) is 4.79 Å². The fourth-order valence-electron chi connectivity index (χ4n) is 6.34. The molecule has 6 rings (SSSR count). The zero-order chi connectivity index (χ0) is 26.9.